The maximum atomic E-state index is 12.5. The smallest absolute Gasteiger partial charge is 0.335 e. The molecule has 6 heteroatoms. The molecule has 1 fully saturated rings. The fourth-order valence-corrected chi connectivity index (χ4v) is 3.83. The van der Waals surface area contributed by atoms with Crippen molar-refractivity contribution in [3.05, 3.63) is 29.8 Å². The molecule has 1 N–H and O–H groups in total. The summed E-state index contributed by atoms with van der Waals surface area (Å²) < 4.78 is 0. The fourth-order valence-electron chi connectivity index (χ4n) is 3.33. The van der Waals surface area contributed by atoms with Crippen LogP contribution >= 0.6 is 11.8 Å². The average Bonchev–Trinajstić information content (AvgIpc) is 2.60. The molecule has 1 aromatic carbocycles. The number of nitrogens with zero attached hydrogens (tertiary/aromatic N) is 1. The zero-order valence-corrected chi connectivity index (χ0v) is 15.6. The van der Waals surface area contributed by atoms with E-state index in [-0.39, 0.29) is 23.3 Å². The van der Waals surface area contributed by atoms with Crippen molar-refractivity contribution in [2.45, 2.75) is 44.9 Å². The molecule has 3 atom stereocenters. The number of rotatable bonds is 4. The molecule has 2 rings (SSSR count). The van der Waals surface area contributed by atoms with Crippen LogP contribution in [0.25, 0.3) is 0 Å². The van der Waals surface area contributed by atoms with Gasteiger partial charge in [-0.15, -0.1) is 0 Å². The third-order valence-corrected chi connectivity index (χ3v) is 5.69. The average molecular weight is 360 g/mol. The maximum Gasteiger partial charge on any atom is 0.364 e. The van der Waals surface area contributed by atoms with Gasteiger partial charge >= 0.3 is 5.97 Å². The van der Waals surface area contributed by atoms with Gasteiger partial charge < -0.3 is 4.84 Å². The largest absolute Gasteiger partial charge is 0.364 e. The summed E-state index contributed by atoms with van der Waals surface area (Å²) in [6.07, 6.45) is 2.97. The van der Waals surface area contributed by atoms with Crippen LogP contribution < -0.4 is 5.48 Å². The van der Waals surface area contributed by atoms with E-state index in [1.807, 2.05) is 5.40 Å². The lowest BCUT2D eigenvalue weighted by Crippen LogP contribution is -2.39. The maximum absolute atomic E-state index is 12.5. The zero-order valence-electron chi connectivity index (χ0n) is 14.8. The molecule has 134 valence electrons. The van der Waals surface area contributed by atoms with Gasteiger partial charge in [-0.3, -0.25) is 4.79 Å². The predicted molar refractivity (Wildman–Crippen MR) is 96.3 cm³/mol. The van der Waals surface area contributed by atoms with Crippen LogP contribution in [0.3, 0.4) is 0 Å². The Hall–Kier alpha value is -2.00. The summed E-state index contributed by atoms with van der Waals surface area (Å²) in [6, 6.07) is 6.68. The topological polar surface area (TPSA) is 79.2 Å². The minimum absolute atomic E-state index is 0.141. The Kier molecular flexibility index (Phi) is 6.89. The van der Waals surface area contributed by atoms with Gasteiger partial charge in [0.2, 0.25) is 0 Å². The number of benzene rings is 1. The highest BCUT2D eigenvalue weighted by Gasteiger charge is 2.34. The lowest BCUT2D eigenvalue weighted by molar-refractivity contribution is -0.137. The number of amides is 1. The Morgan fingerprint density at radius 1 is 1.32 bits per heavy atom. The van der Waals surface area contributed by atoms with Crippen molar-refractivity contribution in [3.63, 3.8) is 0 Å². The van der Waals surface area contributed by atoms with E-state index in [4.69, 9.17) is 10.1 Å². The van der Waals surface area contributed by atoms with E-state index in [0.29, 0.717) is 16.7 Å². The molecule has 1 aromatic rings. The predicted octanol–water partition coefficient (Wildman–Crippen LogP) is 4.16. The quantitative estimate of drug-likeness (QED) is 0.495. The van der Waals surface area contributed by atoms with Crippen molar-refractivity contribution in [3.8, 4) is 5.40 Å². The van der Waals surface area contributed by atoms with Crippen LogP contribution in [-0.4, -0.2) is 11.9 Å². The highest BCUT2D eigenvalue weighted by Crippen LogP contribution is 2.37. The van der Waals surface area contributed by atoms with Gasteiger partial charge in [0.05, 0.1) is 5.56 Å². The molecule has 0 heterocycles. The van der Waals surface area contributed by atoms with Crippen LogP contribution in [0.1, 0.15) is 50.4 Å². The van der Waals surface area contributed by atoms with E-state index >= 15 is 0 Å². The first-order chi connectivity index (χ1) is 11.9. The lowest BCUT2D eigenvalue weighted by Gasteiger charge is -2.35. The highest BCUT2D eigenvalue weighted by molar-refractivity contribution is 8.03. The van der Waals surface area contributed by atoms with Gasteiger partial charge in [0, 0.05) is 10.8 Å². The van der Waals surface area contributed by atoms with Crippen LogP contribution in [0.2, 0.25) is 0 Å². The summed E-state index contributed by atoms with van der Waals surface area (Å²) in [7, 11) is 0. The Balaban J connectivity index is 1.97. The SMILES string of the molecule is CC(C)C1CCC(C)C(C(=O)NOC(=O)c2ccccc2SC#N)C1. The third kappa shape index (κ3) is 4.99. The Bertz CT molecular complexity index is 669. The summed E-state index contributed by atoms with van der Waals surface area (Å²) in [5, 5.41) is 10.7. The first-order valence-electron chi connectivity index (χ1n) is 8.60. The molecule has 1 aliphatic carbocycles. The minimum Gasteiger partial charge on any atom is -0.335 e. The van der Waals surface area contributed by atoms with Crippen molar-refractivity contribution in [1.82, 2.24) is 5.48 Å². The normalized spacial score (nSPS) is 22.9. The number of carbonyl (C=O) groups excluding carboxylic acids is 2. The third-order valence-electron chi connectivity index (χ3n) is 5.02. The second-order valence-corrected chi connectivity index (χ2v) is 7.77. The molecule has 3 unspecified atom stereocenters. The Labute approximate surface area is 153 Å². The van der Waals surface area contributed by atoms with Gasteiger partial charge in [-0.05, 0) is 60.9 Å². The minimum atomic E-state index is -0.657. The summed E-state index contributed by atoms with van der Waals surface area (Å²) in [5.74, 6) is 0.302. The number of nitriles is 1. The number of hydroxylamine groups is 1. The van der Waals surface area contributed by atoms with Crippen molar-refractivity contribution in [2.75, 3.05) is 0 Å². The van der Waals surface area contributed by atoms with Crippen LogP contribution in [0.4, 0.5) is 0 Å². The van der Waals surface area contributed by atoms with E-state index in [2.05, 4.69) is 26.3 Å². The molecule has 0 bridgehead atoms. The molecular formula is C19H24N2O3S. The van der Waals surface area contributed by atoms with Crippen molar-refractivity contribution < 1.29 is 14.4 Å². The van der Waals surface area contributed by atoms with Crippen LogP contribution in [0.15, 0.2) is 29.2 Å². The summed E-state index contributed by atoms with van der Waals surface area (Å²) >= 11 is 0.888. The second kappa shape index (κ2) is 8.91. The molecule has 5 nitrogen and oxygen atoms in total. The van der Waals surface area contributed by atoms with E-state index in [9.17, 15) is 9.59 Å². The Morgan fingerprint density at radius 3 is 2.72 bits per heavy atom. The summed E-state index contributed by atoms with van der Waals surface area (Å²) in [6.45, 7) is 6.43. The monoisotopic (exact) mass is 360 g/mol. The van der Waals surface area contributed by atoms with Crippen LogP contribution in [0, 0.1) is 34.3 Å². The number of hydrogen-bond donors (Lipinski definition) is 1. The lowest BCUT2D eigenvalue weighted by atomic mass is 9.71. The van der Waals surface area contributed by atoms with E-state index in [0.717, 1.165) is 31.0 Å². The first kappa shape index (κ1) is 19.3. The van der Waals surface area contributed by atoms with Crippen LogP contribution in [-0.2, 0) is 9.63 Å². The standard InChI is InChI=1S/C19H24N2O3S/c1-12(2)14-9-8-13(3)16(10-14)18(22)21-24-19(23)15-6-4-5-7-17(15)25-11-20/h4-7,12-14,16H,8-10H2,1-3H3,(H,21,22). The van der Waals surface area contributed by atoms with Gasteiger partial charge in [0.25, 0.3) is 5.91 Å². The van der Waals surface area contributed by atoms with Crippen LogP contribution in [0.5, 0.6) is 0 Å². The molecule has 1 saturated carbocycles. The van der Waals surface area contributed by atoms with Gasteiger partial charge in [-0.25, -0.2) is 4.79 Å². The second-order valence-electron chi connectivity index (χ2n) is 6.95. The van der Waals surface area contributed by atoms with Crippen molar-refractivity contribution in [1.29, 1.82) is 5.26 Å². The van der Waals surface area contributed by atoms with Gasteiger partial charge in [0.15, 0.2) is 0 Å². The van der Waals surface area contributed by atoms with E-state index in [1.165, 1.54) is 0 Å². The molecule has 0 radical (unpaired) electrons. The molecule has 0 aromatic heterocycles. The number of carbonyl (C=O) groups is 2. The molecule has 1 aliphatic rings. The molecule has 25 heavy (non-hydrogen) atoms. The van der Waals surface area contributed by atoms with E-state index < -0.39 is 5.97 Å². The van der Waals surface area contributed by atoms with E-state index in [1.54, 1.807) is 24.3 Å². The molecule has 0 saturated heterocycles. The number of hydrogen-bond acceptors (Lipinski definition) is 5. The summed E-state index contributed by atoms with van der Waals surface area (Å²) in [4.78, 5) is 30.2. The number of nitrogens with one attached hydrogen (secondary N) is 1. The van der Waals surface area contributed by atoms with Crippen molar-refractivity contribution in [2.24, 2.45) is 23.7 Å². The zero-order chi connectivity index (χ0) is 18.4. The Morgan fingerprint density at radius 2 is 2.04 bits per heavy atom. The molecule has 0 aliphatic heterocycles. The highest BCUT2D eigenvalue weighted by atomic mass is 32.2. The molecular weight excluding hydrogens is 336 g/mol. The molecule has 1 amide bonds. The van der Waals surface area contributed by atoms with Gasteiger partial charge in [-0.2, -0.15) is 10.7 Å². The summed E-state index contributed by atoms with van der Waals surface area (Å²) in [5.41, 5.74) is 2.60. The first-order valence-corrected chi connectivity index (χ1v) is 9.41. The fraction of sp³-hybridized carbons (Fsp3) is 0.526. The number of thiocyanates is 1. The van der Waals surface area contributed by atoms with Crippen molar-refractivity contribution >= 4 is 23.6 Å². The van der Waals surface area contributed by atoms with Gasteiger partial charge in [0.1, 0.15) is 5.40 Å². The number of thioether (sulfide) groups is 1. The van der Waals surface area contributed by atoms with Gasteiger partial charge in [-0.1, -0.05) is 32.9 Å². The molecule has 0 spiro atoms.